The van der Waals surface area contributed by atoms with Crippen LogP contribution in [0.25, 0.3) is 0 Å². The van der Waals surface area contributed by atoms with E-state index in [9.17, 15) is 77.3 Å². The van der Waals surface area contributed by atoms with Gasteiger partial charge in [0.2, 0.25) is 6.10 Å². The van der Waals surface area contributed by atoms with Gasteiger partial charge in [-0.15, -0.1) is 0 Å². The number of carbonyl (C=O) groups excluding carboxylic acids is 1. The number of carboxylic acids is 2. The van der Waals surface area contributed by atoms with Crippen molar-refractivity contribution in [3.63, 3.8) is 0 Å². The van der Waals surface area contributed by atoms with Gasteiger partial charge in [-0.2, -0.15) is 52.7 Å². The number of carboxylic acid groups (broad SMARTS) is 2. The minimum atomic E-state index is -5.78. The minimum absolute atomic E-state index is 0.146. The van der Waals surface area contributed by atoms with Crippen LogP contribution < -0.4 is 14.8 Å². The first-order valence-electron chi connectivity index (χ1n) is 19.2. The van der Waals surface area contributed by atoms with Crippen LogP contribution in [0.3, 0.4) is 0 Å². The van der Waals surface area contributed by atoms with Crippen molar-refractivity contribution in [3.05, 3.63) is 58.7 Å². The van der Waals surface area contributed by atoms with Crippen molar-refractivity contribution in [2.24, 2.45) is 0 Å². The van der Waals surface area contributed by atoms with E-state index in [0.717, 1.165) is 48.8 Å². The van der Waals surface area contributed by atoms with Crippen LogP contribution in [-0.2, 0) is 27.4 Å². The molecule has 2 aliphatic rings. The first kappa shape index (κ1) is 55.4. The highest BCUT2D eigenvalue weighted by Crippen LogP contribution is 2.37. The SMILES string of the molecule is Cc1cccc(CN2CCN(C(=O)OC(C(F)(F)F)C(F)(F)F)CC2)c1OC(C)(C)C(=O)O.Cc1cccc(CN2CCNCC2)c1OC(C)(C)C(=O)O.OC(C(F)(F)F)C(F)(F)F. The second-order valence-corrected chi connectivity index (χ2v) is 15.6. The van der Waals surface area contributed by atoms with Crippen molar-refractivity contribution in [1.82, 2.24) is 20.0 Å². The lowest BCUT2D eigenvalue weighted by atomic mass is 10.1. The third kappa shape index (κ3) is 17.0. The lowest BCUT2D eigenvalue weighted by Gasteiger charge is -2.35. The number of para-hydroxylation sites is 2. The zero-order chi connectivity index (χ0) is 49.2. The van der Waals surface area contributed by atoms with Gasteiger partial charge in [0.05, 0.1) is 0 Å². The number of aliphatic hydroxyl groups excluding tert-OH is 1. The Kier molecular flexibility index (Phi) is 19.0. The molecule has 0 bridgehead atoms. The normalized spacial score (nSPS) is 16.0. The Hall–Kier alpha value is -4.75. The van der Waals surface area contributed by atoms with E-state index >= 15 is 0 Å². The van der Waals surface area contributed by atoms with E-state index in [-0.39, 0.29) is 32.7 Å². The maximum atomic E-state index is 12.6. The topological polar surface area (TPSA) is 161 Å². The zero-order valence-electron chi connectivity index (χ0n) is 35.4. The quantitative estimate of drug-likeness (QED) is 0.170. The molecule has 2 aromatic carbocycles. The fraction of sp³-hybridized carbons (Fsp3) is 0.615. The average molecular weight is 947 g/mol. The second kappa shape index (κ2) is 22.0. The number of nitrogens with one attached hydrogen (secondary N) is 1. The van der Waals surface area contributed by atoms with Crippen molar-refractivity contribution < 1.29 is 96.6 Å². The molecule has 0 radical (unpaired) electrons. The van der Waals surface area contributed by atoms with E-state index in [0.29, 0.717) is 22.6 Å². The number of aryl methyl sites for hydroxylation is 2. The Labute approximate surface area is 359 Å². The van der Waals surface area contributed by atoms with E-state index in [4.69, 9.17) is 14.6 Å². The molecule has 0 spiro atoms. The summed E-state index contributed by atoms with van der Waals surface area (Å²) in [5, 5.41) is 29.4. The van der Waals surface area contributed by atoms with Gasteiger partial charge in [-0.1, -0.05) is 36.4 Å². The molecule has 1 amide bonds. The molecule has 64 heavy (non-hydrogen) atoms. The molecule has 4 rings (SSSR count). The summed E-state index contributed by atoms with van der Waals surface area (Å²) in [7, 11) is 0. The molecule has 2 aliphatic heterocycles. The number of nitrogens with zero attached hydrogens (tertiary/aromatic N) is 3. The summed E-state index contributed by atoms with van der Waals surface area (Å²) in [6, 6.07) is 11.2. The van der Waals surface area contributed by atoms with Crippen LogP contribution in [-0.4, -0.2) is 149 Å². The number of halogens is 12. The smallest absolute Gasteiger partial charge is 0.434 e. The first-order chi connectivity index (χ1) is 29.1. The number of amides is 1. The maximum absolute atomic E-state index is 12.6. The van der Waals surface area contributed by atoms with Crippen LogP contribution in [0.2, 0.25) is 0 Å². The van der Waals surface area contributed by atoms with Gasteiger partial charge in [-0.05, 0) is 52.7 Å². The molecule has 0 aliphatic carbocycles. The molecule has 2 fully saturated rings. The Morgan fingerprint density at radius 1 is 0.609 bits per heavy atom. The summed E-state index contributed by atoms with van der Waals surface area (Å²) in [6.07, 6.45) is -32.9. The fourth-order valence-electron chi connectivity index (χ4n) is 5.68. The van der Waals surface area contributed by atoms with Crippen molar-refractivity contribution in [1.29, 1.82) is 0 Å². The van der Waals surface area contributed by atoms with Crippen molar-refractivity contribution >= 4 is 18.0 Å². The molecule has 364 valence electrons. The molecule has 0 saturated carbocycles. The standard InChI is InChI=1S/C20H24F6N2O5.C16H24N2O3.C3H2F6O/c1-12-5-4-6-13(14(12)33-18(2,3)16(29)30)11-27-7-9-28(10-8-27)17(31)32-15(19(21,22)23)20(24,25)26;1-12-5-4-6-13(11-18-9-7-17-8-10-18)14(12)21-16(2,3)15(19)20;4-2(5,6)1(10)3(7,8)9/h4-6,15H,7-11H2,1-3H3,(H,29,30);4-6,17H,7-11H2,1-3H3,(H,19,20);1,10H. The summed E-state index contributed by atoms with van der Waals surface area (Å²) in [4.78, 5) is 39.5. The zero-order valence-corrected chi connectivity index (χ0v) is 35.4. The van der Waals surface area contributed by atoms with E-state index < -0.39 is 66.1 Å². The molecule has 0 aromatic heterocycles. The number of hydrogen-bond donors (Lipinski definition) is 4. The molecule has 2 aromatic rings. The lowest BCUT2D eigenvalue weighted by molar-refractivity contribution is -0.309. The Balaban J connectivity index is 0.000000385. The lowest BCUT2D eigenvalue weighted by Crippen LogP contribution is -2.52. The summed E-state index contributed by atoms with van der Waals surface area (Å²) in [5.74, 6) is -1.06. The fourth-order valence-corrected chi connectivity index (χ4v) is 5.68. The van der Waals surface area contributed by atoms with Gasteiger partial charge in [0.15, 0.2) is 11.2 Å². The molecular formula is C39H50F12N4O9. The summed E-state index contributed by atoms with van der Waals surface area (Å²) >= 11 is 0. The van der Waals surface area contributed by atoms with E-state index in [1.807, 2.05) is 30.0 Å². The first-order valence-corrected chi connectivity index (χ1v) is 19.2. The van der Waals surface area contributed by atoms with Crippen molar-refractivity contribution in [2.45, 2.75) is 103 Å². The van der Waals surface area contributed by atoms with Crippen LogP contribution in [0.15, 0.2) is 36.4 Å². The number of piperazine rings is 2. The minimum Gasteiger partial charge on any atom is -0.478 e. The predicted octanol–water partition coefficient (Wildman–Crippen LogP) is 7.10. The van der Waals surface area contributed by atoms with Crippen molar-refractivity contribution in [3.8, 4) is 11.5 Å². The molecule has 0 atom stereocenters. The number of benzene rings is 2. The average Bonchev–Trinajstić information content (AvgIpc) is 3.15. The molecule has 2 saturated heterocycles. The monoisotopic (exact) mass is 946 g/mol. The number of alkyl halides is 12. The summed E-state index contributed by atoms with van der Waals surface area (Å²) in [5.41, 5.74) is 0.619. The summed E-state index contributed by atoms with van der Waals surface area (Å²) < 4.78 is 157. The molecule has 0 unspecified atom stereocenters. The molecule has 4 N–H and O–H groups in total. The predicted molar refractivity (Wildman–Crippen MR) is 203 cm³/mol. The number of aliphatic carboxylic acids is 2. The van der Waals surface area contributed by atoms with Gasteiger partial charge < -0.3 is 39.7 Å². The van der Waals surface area contributed by atoms with E-state index in [2.05, 4.69) is 15.0 Å². The molecule has 25 heteroatoms. The third-order valence-corrected chi connectivity index (χ3v) is 9.39. The highest BCUT2D eigenvalue weighted by Gasteiger charge is 2.60. The maximum Gasteiger partial charge on any atom is 0.434 e. The number of hydrogen-bond acceptors (Lipinski definition) is 10. The molecule has 13 nitrogen and oxygen atoms in total. The van der Waals surface area contributed by atoms with Crippen LogP contribution >= 0.6 is 0 Å². The second-order valence-electron chi connectivity index (χ2n) is 15.6. The number of aliphatic hydroxyl groups is 1. The van der Waals surface area contributed by atoms with Crippen molar-refractivity contribution in [2.75, 3.05) is 52.4 Å². The van der Waals surface area contributed by atoms with Gasteiger partial charge in [0.1, 0.15) is 11.5 Å². The Bertz CT molecular complexity index is 1830. The molecule has 2 heterocycles. The number of carbonyl (C=O) groups is 3. The highest BCUT2D eigenvalue weighted by molar-refractivity contribution is 5.77. The van der Waals surface area contributed by atoms with Crippen LogP contribution in [0.4, 0.5) is 57.5 Å². The molecular weight excluding hydrogens is 896 g/mol. The Morgan fingerprint density at radius 3 is 1.28 bits per heavy atom. The van der Waals surface area contributed by atoms with Gasteiger partial charge >= 0.3 is 42.7 Å². The van der Waals surface area contributed by atoms with Gasteiger partial charge in [-0.25, -0.2) is 14.4 Å². The van der Waals surface area contributed by atoms with Crippen LogP contribution in [0.1, 0.15) is 49.9 Å². The largest absolute Gasteiger partial charge is 0.478 e. The number of ether oxygens (including phenoxy) is 3. The number of rotatable bonds is 11. The Morgan fingerprint density at radius 2 is 0.969 bits per heavy atom. The van der Waals surface area contributed by atoms with Gasteiger partial charge in [0.25, 0.3) is 6.10 Å². The van der Waals surface area contributed by atoms with Gasteiger partial charge in [-0.3, -0.25) is 9.80 Å². The van der Waals surface area contributed by atoms with E-state index in [1.165, 1.54) is 13.8 Å². The summed E-state index contributed by atoms with van der Waals surface area (Å²) in [6.45, 7) is 14.7. The van der Waals surface area contributed by atoms with Gasteiger partial charge in [0, 0.05) is 76.6 Å². The third-order valence-electron chi connectivity index (χ3n) is 9.39. The van der Waals surface area contributed by atoms with Crippen LogP contribution in [0, 0.1) is 13.8 Å². The van der Waals surface area contributed by atoms with E-state index in [1.54, 1.807) is 39.0 Å². The van der Waals surface area contributed by atoms with Crippen LogP contribution in [0.5, 0.6) is 11.5 Å². The highest BCUT2D eigenvalue weighted by atomic mass is 19.4.